The third-order valence-corrected chi connectivity index (χ3v) is 14.5. The number of carboxylic acids is 1. The molecule has 97 heavy (non-hydrogen) atoms. The van der Waals surface area contributed by atoms with E-state index in [9.17, 15) is 64.5 Å². The van der Waals surface area contributed by atoms with Gasteiger partial charge in [-0.05, 0) is 119 Å². The molecular formula is C64H126N12O20Y. The first-order valence-corrected chi connectivity index (χ1v) is 32.8. The number of Topliss-reactive ketones (excluding diaryl/α,β-unsaturated/α-hetero) is 3. The topological polar surface area (TPSA) is 575 Å². The molecule has 0 bridgehead atoms. The molecule has 4 heterocycles. The Kier molecular flexibility index (Phi) is 59.6. The van der Waals surface area contributed by atoms with Gasteiger partial charge in [0.25, 0.3) is 0 Å². The SMILES string of the molecule is CC(=N)N.CC(=N)N.CC(=O)CCCN.CC(=O)CCCN=C(C)N.CC(=O)CCCN=C(N)N.CC(C)=N.CCCCC(=O)O.CC[C@@H]1O[C@H](O[C@@H]2C(CO)OC(O[C@@H]3C(O)[C@H](C)C[C@H](C)C3OC3O[C@H](CC)C(O)[C@H](O)C3C)[C@@H]2O)[C@H](C)C(O)[C@@H]1O.CN1C(=O)CCC1=O.[Y]. The average molecular weight is 1470 g/mol. The number of hydrogen-bond acceptors (Lipinski definition) is 25. The number of amidine groups is 3. The minimum atomic E-state index is -1.39. The largest absolute Gasteiger partial charge is 0.481 e. The number of aliphatic carboxylic acids is 1. The number of guanidine groups is 1. The minimum absolute atomic E-state index is 0. The summed E-state index contributed by atoms with van der Waals surface area (Å²) < 4.78 is 36.4. The Hall–Kier alpha value is -4.49. The molecule has 4 saturated heterocycles. The van der Waals surface area contributed by atoms with Crippen molar-refractivity contribution >= 4 is 64.3 Å². The number of ether oxygens (including phenoxy) is 6. The van der Waals surface area contributed by atoms with E-state index in [-0.39, 0.29) is 91.3 Å². The van der Waals surface area contributed by atoms with Crippen LogP contribution in [0.1, 0.15) is 194 Å². The molecule has 565 valence electrons. The first-order chi connectivity index (χ1) is 44.5. The molecule has 0 aromatic rings. The number of ketones is 3. The number of aliphatic hydroxyl groups excluding tert-OH is 7. The molecule has 5 rings (SSSR count). The van der Waals surface area contributed by atoms with Crippen LogP contribution in [-0.4, -0.2) is 235 Å². The summed E-state index contributed by atoms with van der Waals surface area (Å²) in [6.07, 6.45) is -6.34. The van der Waals surface area contributed by atoms with Gasteiger partial charge in [0.15, 0.2) is 24.8 Å². The third kappa shape index (κ3) is 47.3. The number of rotatable bonds is 23. The van der Waals surface area contributed by atoms with Crippen molar-refractivity contribution in [1.29, 1.82) is 16.2 Å². The number of likely N-dealkylation sites (tertiary alicyclic amines) is 1. The van der Waals surface area contributed by atoms with E-state index in [1.54, 1.807) is 55.4 Å². The van der Waals surface area contributed by atoms with Gasteiger partial charge in [0.2, 0.25) is 11.8 Å². The van der Waals surface area contributed by atoms with Gasteiger partial charge < -0.3 is 123 Å². The van der Waals surface area contributed by atoms with Crippen molar-refractivity contribution in [3.63, 3.8) is 0 Å². The summed E-state index contributed by atoms with van der Waals surface area (Å²) in [7, 11) is 1.51. The Labute approximate surface area is 600 Å². The van der Waals surface area contributed by atoms with Gasteiger partial charge in [0, 0.05) is 109 Å². The fourth-order valence-electron chi connectivity index (χ4n) is 9.28. The molecular weight excluding hydrogens is 1350 g/mol. The number of aliphatic imine (C=N–C) groups is 2. The van der Waals surface area contributed by atoms with E-state index in [0.717, 1.165) is 32.1 Å². The minimum Gasteiger partial charge on any atom is -0.481 e. The maximum Gasteiger partial charge on any atom is 0.303 e. The number of nitrogens with zero attached hydrogens (tertiary/aromatic N) is 3. The van der Waals surface area contributed by atoms with Crippen molar-refractivity contribution in [2.45, 2.75) is 286 Å². The number of amides is 2. The van der Waals surface area contributed by atoms with Crippen LogP contribution in [0.4, 0.5) is 0 Å². The van der Waals surface area contributed by atoms with Crippen LogP contribution in [0.2, 0.25) is 0 Å². The number of aliphatic hydroxyl groups is 7. The average Bonchev–Trinajstić information content (AvgIpc) is 1.77. The van der Waals surface area contributed by atoms with Gasteiger partial charge in [-0.15, -0.1) is 0 Å². The molecule has 0 spiro atoms. The van der Waals surface area contributed by atoms with Gasteiger partial charge in [-0.3, -0.25) is 40.1 Å². The van der Waals surface area contributed by atoms with Crippen LogP contribution < -0.4 is 34.4 Å². The summed E-state index contributed by atoms with van der Waals surface area (Å²) in [5, 5.41) is 101. The van der Waals surface area contributed by atoms with E-state index in [1.165, 1.54) is 25.8 Å². The van der Waals surface area contributed by atoms with Gasteiger partial charge in [0.1, 0.15) is 54.0 Å². The zero-order valence-corrected chi connectivity index (χ0v) is 63.4. The summed E-state index contributed by atoms with van der Waals surface area (Å²) in [5.74, 6) is -0.662. The summed E-state index contributed by atoms with van der Waals surface area (Å²) in [6.45, 7) is 27.2. The summed E-state index contributed by atoms with van der Waals surface area (Å²) in [5.41, 5.74) is 30.6. The van der Waals surface area contributed by atoms with Crippen molar-refractivity contribution in [3.05, 3.63) is 0 Å². The van der Waals surface area contributed by atoms with Gasteiger partial charge >= 0.3 is 5.97 Å². The first kappa shape index (κ1) is 101. The Morgan fingerprint density at radius 1 is 0.546 bits per heavy atom. The second kappa shape index (κ2) is 57.2. The molecule has 1 aliphatic carbocycles. The number of unbranched alkanes of at least 4 members (excludes halogenated alkanes) is 1. The van der Waals surface area contributed by atoms with Crippen LogP contribution in [0.5, 0.6) is 0 Å². The van der Waals surface area contributed by atoms with Crippen molar-refractivity contribution in [2.75, 3.05) is 33.3 Å². The monoisotopic (exact) mass is 1470 g/mol. The number of hydrogen-bond donors (Lipinski definition) is 17. The van der Waals surface area contributed by atoms with Gasteiger partial charge in [0.05, 0.1) is 60.7 Å². The van der Waals surface area contributed by atoms with Crippen LogP contribution in [0.25, 0.3) is 0 Å². The Bertz CT molecular complexity index is 2200. The van der Waals surface area contributed by atoms with Crippen LogP contribution in [0, 0.1) is 39.9 Å². The number of nitrogens with one attached hydrogen (secondary N) is 3. The van der Waals surface area contributed by atoms with E-state index >= 15 is 0 Å². The molecule has 0 aromatic heterocycles. The van der Waals surface area contributed by atoms with E-state index in [1.807, 2.05) is 34.6 Å². The third-order valence-electron chi connectivity index (χ3n) is 14.5. The fraction of sp³-hybridized carbons (Fsp3) is 0.828. The number of imide groups is 1. The molecule has 32 nitrogen and oxygen atoms in total. The molecule has 4 aliphatic heterocycles. The van der Waals surface area contributed by atoms with Crippen molar-refractivity contribution in [3.8, 4) is 0 Å². The zero-order chi connectivity index (χ0) is 75.3. The molecule has 1 saturated carbocycles. The van der Waals surface area contributed by atoms with Crippen LogP contribution in [0.15, 0.2) is 9.98 Å². The van der Waals surface area contributed by atoms with Crippen molar-refractivity contribution < 1.29 is 131 Å². The van der Waals surface area contributed by atoms with Gasteiger partial charge in [-0.2, -0.15) is 0 Å². The van der Waals surface area contributed by atoms with Crippen molar-refractivity contribution in [1.82, 2.24) is 4.90 Å². The van der Waals surface area contributed by atoms with E-state index in [4.69, 9.17) is 84.2 Å². The fourth-order valence-corrected chi connectivity index (χ4v) is 9.28. The molecule has 1 radical (unpaired) electrons. The Balaban J connectivity index is -0.000000412. The number of carbonyl (C=O) groups is 6. The molecule has 8 unspecified atom stereocenters. The number of nitrogens with two attached hydrogens (primary N) is 6. The summed E-state index contributed by atoms with van der Waals surface area (Å²) in [6, 6.07) is 0. The molecule has 5 fully saturated rings. The maximum absolute atomic E-state index is 11.3. The number of carbonyl (C=O) groups excluding carboxylic acids is 5. The molecule has 0 aromatic carbocycles. The van der Waals surface area contributed by atoms with Crippen LogP contribution in [0.3, 0.4) is 0 Å². The van der Waals surface area contributed by atoms with Crippen LogP contribution in [-0.2, 0) is 89.9 Å². The molecule has 2 amide bonds. The van der Waals surface area contributed by atoms with E-state index < -0.39 is 117 Å². The Morgan fingerprint density at radius 3 is 1.22 bits per heavy atom. The predicted octanol–water partition coefficient (Wildman–Crippen LogP) is 1.87. The second-order valence-corrected chi connectivity index (χ2v) is 24.5. The second-order valence-electron chi connectivity index (χ2n) is 24.5. The van der Waals surface area contributed by atoms with Crippen LogP contribution >= 0.6 is 0 Å². The first-order valence-electron chi connectivity index (χ1n) is 32.8. The van der Waals surface area contributed by atoms with E-state index in [2.05, 4.69) is 9.98 Å². The zero-order valence-electron chi connectivity index (χ0n) is 60.6. The Morgan fingerprint density at radius 2 is 0.918 bits per heavy atom. The van der Waals surface area contributed by atoms with Gasteiger partial charge in [-0.25, -0.2) is 0 Å². The molecule has 5 aliphatic rings. The number of carboxylic acid groups (broad SMARTS) is 1. The molecule has 23 N–H and O–H groups in total. The normalized spacial score (nSPS) is 29.1. The standard InChI is InChI=1S/C29H52O13.C7H14N2O.C6H13N3O.C5H7NO2.C5H11NO.C5H10O2.C3H7N.2C2H6N2.Y/c1-7-15-21(34)19(32)13(5)27(37-15)40-24-12(4)9-11(3)18(31)26(24)42-29-23(36)25(17(10-30)39-29)41-28-14(6)20(33)22(35)16(8-2)38-28;1-6(10)4-3-5-9-7(2)8;1-5(10)3-2-4-9-6(7)8;1-6-4(7)2-3-5(6)8;1-5(7)3-2-4-6;1-2-3-4-5(6)7;1-3(2)4;2*1-2(3)4;/h11-36H,7-10H2,1-6H3;3-5H2,1-2H3,(H2,8,9);2-4H2,1H3,(H4,7,8,9);2-3H2,1H3;2-4,6H2,1H3;2-4H2,1H3,(H,6,7);4H,1-2H3;2*1H3,(H3,3,4);/t11-,12+,13?,14-,15-,16+,17?,18?,19-,20?,21?,22-,23-,24?,25-,26-,27?,28-,29?;;;;;;;;;/m1........./s1. The summed E-state index contributed by atoms with van der Waals surface area (Å²) in [4.78, 5) is 70.5. The maximum atomic E-state index is 11.3. The smallest absolute Gasteiger partial charge is 0.303 e. The van der Waals surface area contributed by atoms with Gasteiger partial charge in [-0.1, -0.05) is 54.9 Å². The molecule has 19 atom stereocenters. The molecule has 33 heteroatoms. The summed E-state index contributed by atoms with van der Waals surface area (Å²) >= 11 is 0. The van der Waals surface area contributed by atoms with E-state index in [0.29, 0.717) is 89.0 Å². The van der Waals surface area contributed by atoms with Crippen molar-refractivity contribution in [2.24, 2.45) is 68.1 Å². The predicted molar refractivity (Wildman–Crippen MR) is 366 cm³/mol. The quantitative estimate of drug-likeness (QED) is 0.0300.